The summed E-state index contributed by atoms with van der Waals surface area (Å²) in [4.78, 5) is 21.0. The summed E-state index contributed by atoms with van der Waals surface area (Å²) in [6.07, 6.45) is 4.70. The van der Waals surface area contributed by atoms with Crippen LogP contribution in [0.15, 0.2) is 30.5 Å². The summed E-state index contributed by atoms with van der Waals surface area (Å²) >= 11 is 12.4. The second-order valence-electron chi connectivity index (χ2n) is 7.12. The van der Waals surface area contributed by atoms with Crippen LogP contribution in [0.2, 0.25) is 10.0 Å². The van der Waals surface area contributed by atoms with E-state index in [0.717, 1.165) is 11.1 Å². The molecule has 1 aromatic carbocycles. The third-order valence-corrected chi connectivity index (χ3v) is 5.78. The molecule has 0 bridgehead atoms. The van der Waals surface area contributed by atoms with E-state index in [0.29, 0.717) is 39.7 Å². The molecule has 0 radical (unpaired) electrons. The fourth-order valence-corrected chi connectivity index (χ4v) is 4.12. The van der Waals surface area contributed by atoms with Crippen molar-refractivity contribution in [1.29, 1.82) is 5.26 Å². The number of nitriles is 1. The molecule has 0 saturated heterocycles. The first-order chi connectivity index (χ1) is 13.9. The van der Waals surface area contributed by atoms with Crippen LogP contribution in [-0.4, -0.2) is 25.5 Å². The summed E-state index contributed by atoms with van der Waals surface area (Å²) in [5.41, 5.74) is 3.63. The number of hydrogen-bond donors (Lipinski definition) is 0. The van der Waals surface area contributed by atoms with Crippen molar-refractivity contribution in [2.24, 2.45) is 5.92 Å². The maximum atomic E-state index is 11.8. The maximum Gasteiger partial charge on any atom is 0.190 e. The second-order valence-corrected chi connectivity index (χ2v) is 7.96. The van der Waals surface area contributed by atoms with Gasteiger partial charge in [0.2, 0.25) is 0 Å². The van der Waals surface area contributed by atoms with Crippen LogP contribution in [0, 0.1) is 17.2 Å². The summed E-state index contributed by atoms with van der Waals surface area (Å²) in [6.45, 7) is 3.81. The van der Waals surface area contributed by atoms with Gasteiger partial charge in [-0.3, -0.25) is 4.79 Å². The number of carbonyl (C=O) groups is 1. The molecule has 0 amide bonds. The van der Waals surface area contributed by atoms with Crippen LogP contribution in [0.1, 0.15) is 49.7 Å². The first kappa shape index (κ1) is 19.6. The van der Waals surface area contributed by atoms with Crippen LogP contribution in [0.3, 0.4) is 0 Å². The quantitative estimate of drug-likeness (QED) is 0.589. The number of carbonyl (C=O) groups excluding carboxylic acids is 1. The van der Waals surface area contributed by atoms with Crippen LogP contribution in [-0.2, 0) is 4.79 Å². The van der Waals surface area contributed by atoms with Gasteiger partial charge in [0.15, 0.2) is 11.3 Å². The Labute approximate surface area is 177 Å². The van der Waals surface area contributed by atoms with Crippen molar-refractivity contribution in [3.63, 3.8) is 0 Å². The predicted octanol–water partition coefficient (Wildman–Crippen LogP) is 5.00. The molecule has 2 atom stereocenters. The first-order valence-electron chi connectivity index (χ1n) is 9.23. The molecule has 0 N–H and O–H groups in total. The van der Waals surface area contributed by atoms with E-state index < -0.39 is 0 Å². The van der Waals surface area contributed by atoms with Gasteiger partial charge < -0.3 is 0 Å². The lowest BCUT2D eigenvalue weighted by Crippen LogP contribution is -2.14. The molecular formula is C21H17Cl2N5O. The van der Waals surface area contributed by atoms with Gasteiger partial charge >= 0.3 is 0 Å². The number of benzene rings is 1. The molecule has 29 heavy (non-hydrogen) atoms. The van der Waals surface area contributed by atoms with Gasteiger partial charge in [0, 0.05) is 22.4 Å². The van der Waals surface area contributed by atoms with Gasteiger partial charge in [-0.05, 0) is 36.6 Å². The number of Topliss-reactive ketones (excluding diaryl/α,β-unsaturated/α-hetero) is 1. The second kappa shape index (κ2) is 7.58. The van der Waals surface area contributed by atoms with Crippen molar-refractivity contribution in [3.05, 3.63) is 57.5 Å². The van der Waals surface area contributed by atoms with Crippen LogP contribution < -0.4 is 0 Å². The minimum Gasteiger partial charge on any atom is -0.299 e. The van der Waals surface area contributed by atoms with Gasteiger partial charge in [-0.2, -0.15) is 10.4 Å². The highest BCUT2D eigenvalue weighted by Crippen LogP contribution is 2.32. The Morgan fingerprint density at radius 3 is 2.79 bits per heavy atom. The molecule has 0 saturated carbocycles. The molecule has 2 heterocycles. The molecule has 0 spiro atoms. The monoisotopic (exact) mass is 425 g/mol. The highest BCUT2D eigenvalue weighted by Gasteiger charge is 2.23. The van der Waals surface area contributed by atoms with E-state index in [1.165, 1.54) is 0 Å². The Morgan fingerprint density at radius 1 is 1.31 bits per heavy atom. The molecular weight excluding hydrogens is 409 g/mol. The van der Waals surface area contributed by atoms with E-state index in [1.807, 2.05) is 26.0 Å². The summed E-state index contributed by atoms with van der Waals surface area (Å²) in [7, 11) is 0. The molecule has 3 aromatic rings. The fraction of sp³-hybridized carbons (Fsp3) is 0.286. The molecule has 2 aromatic heterocycles. The maximum absolute atomic E-state index is 11.8. The van der Waals surface area contributed by atoms with Crippen molar-refractivity contribution >= 4 is 45.7 Å². The number of nitrogens with zero attached hydrogens (tertiary/aromatic N) is 5. The molecule has 146 valence electrons. The molecule has 1 aliphatic carbocycles. The first-order valence-corrected chi connectivity index (χ1v) is 9.98. The van der Waals surface area contributed by atoms with E-state index in [9.17, 15) is 10.1 Å². The Bertz CT molecular complexity index is 1210. The summed E-state index contributed by atoms with van der Waals surface area (Å²) in [5, 5.41) is 15.0. The van der Waals surface area contributed by atoms with E-state index in [2.05, 4.69) is 16.2 Å². The van der Waals surface area contributed by atoms with Gasteiger partial charge in [-0.25, -0.2) is 14.6 Å². The van der Waals surface area contributed by atoms with Crippen molar-refractivity contribution in [2.75, 3.05) is 0 Å². The fourth-order valence-electron chi connectivity index (χ4n) is 3.56. The Kier molecular flexibility index (Phi) is 5.12. The van der Waals surface area contributed by atoms with Gasteiger partial charge in [-0.15, -0.1) is 0 Å². The molecule has 8 heteroatoms. The van der Waals surface area contributed by atoms with Crippen molar-refractivity contribution in [3.8, 4) is 6.07 Å². The summed E-state index contributed by atoms with van der Waals surface area (Å²) in [6, 6.07) is 7.08. The topological polar surface area (TPSA) is 84.5 Å². The lowest BCUT2D eigenvalue weighted by Gasteiger charge is -2.17. The lowest BCUT2D eigenvalue weighted by molar-refractivity contribution is -0.121. The zero-order valence-corrected chi connectivity index (χ0v) is 17.4. The van der Waals surface area contributed by atoms with Crippen molar-refractivity contribution < 1.29 is 4.79 Å². The van der Waals surface area contributed by atoms with E-state index in [4.69, 9.17) is 28.2 Å². The molecule has 0 aliphatic heterocycles. The molecule has 6 nitrogen and oxygen atoms in total. The van der Waals surface area contributed by atoms with Crippen molar-refractivity contribution in [2.45, 2.75) is 32.7 Å². The van der Waals surface area contributed by atoms with E-state index >= 15 is 0 Å². The zero-order valence-electron chi connectivity index (χ0n) is 15.9. The number of aromatic nitrogens is 4. The van der Waals surface area contributed by atoms with Gasteiger partial charge in [0.1, 0.15) is 17.4 Å². The van der Waals surface area contributed by atoms with E-state index in [-0.39, 0.29) is 23.4 Å². The number of ketones is 1. The third kappa shape index (κ3) is 3.52. The number of rotatable bonds is 3. The Morgan fingerprint density at radius 2 is 2.10 bits per heavy atom. The summed E-state index contributed by atoms with van der Waals surface area (Å²) < 4.78 is 1.66. The molecule has 1 aliphatic rings. The standard InChI is InChI=1S/C21H17Cl2N5O/c1-11-7-13(3-6-19(11)29)18-10-25-20-17(9-24)27-28(21(20)26-18)12(2)15-5-4-14(22)8-16(15)23/h4-5,7-8,10-12H,3,6H2,1-2H3. The van der Waals surface area contributed by atoms with Gasteiger partial charge in [-0.1, -0.05) is 42.3 Å². The Balaban J connectivity index is 1.85. The van der Waals surface area contributed by atoms with Crippen molar-refractivity contribution in [1.82, 2.24) is 19.7 Å². The molecule has 4 rings (SSSR count). The average Bonchev–Trinajstić information content (AvgIpc) is 3.07. The normalized spacial score (nSPS) is 17.8. The highest BCUT2D eigenvalue weighted by molar-refractivity contribution is 6.35. The largest absolute Gasteiger partial charge is 0.299 e. The third-order valence-electron chi connectivity index (χ3n) is 5.22. The zero-order chi connectivity index (χ0) is 20.7. The minimum atomic E-state index is -0.283. The number of halogens is 2. The number of hydrogen-bond acceptors (Lipinski definition) is 5. The number of allylic oxidation sites excluding steroid dienone is 2. The Hall–Kier alpha value is -2.75. The minimum absolute atomic E-state index is 0.136. The van der Waals surface area contributed by atoms with Gasteiger partial charge in [0.05, 0.1) is 17.9 Å². The van der Waals surface area contributed by atoms with Crippen LogP contribution in [0.5, 0.6) is 0 Å². The summed E-state index contributed by atoms with van der Waals surface area (Å²) in [5.74, 6) is 0.0909. The highest BCUT2D eigenvalue weighted by atomic mass is 35.5. The molecule has 2 unspecified atom stereocenters. The van der Waals surface area contributed by atoms with Gasteiger partial charge in [0.25, 0.3) is 0 Å². The van der Waals surface area contributed by atoms with Crippen LogP contribution in [0.4, 0.5) is 0 Å². The number of fused-ring (bicyclic) bond motifs is 1. The molecule has 0 fully saturated rings. The smallest absolute Gasteiger partial charge is 0.190 e. The van der Waals surface area contributed by atoms with Crippen LogP contribution >= 0.6 is 23.2 Å². The lowest BCUT2D eigenvalue weighted by atomic mass is 9.89. The van der Waals surface area contributed by atoms with E-state index in [1.54, 1.807) is 23.0 Å². The SMILES string of the molecule is CC1C=C(c2cnc3c(C#N)nn(C(C)c4ccc(Cl)cc4Cl)c3n2)CCC1=O. The predicted molar refractivity (Wildman–Crippen MR) is 112 cm³/mol. The average molecular weight is 426 g/mol. The van der Waals surface area contributed by atoms with Crippen LogP contribution in [0.25, 0.3) is 16.7 Å².